The zero-order valence-electron chi connectivity index (χ0n) is 18.1. The van der Waals surface area contributed by atoms with Crippen molar-refractivity contribution in [2.45, 2.75) is 40.3 Å². The molecule has 7 heteroatoms. The number of hydrogen-bond donors (Lipinski definition) is 1. The SMILES string of the molecule is COCC(C)n1c(C)cc(/C=C(/C#N)C(=O)NCc2cn3c(C)cccc3n2)c1C. The summed E-state index contributed by atoms with van der Waals surface area (Å²) in [6.07, 6.45) is 3.53. The molecule has 1 atom stereocenters. The Hall–Kier alpha value is -3.37. The number of aromatic nitrogens is 3. The van der Waals surface area contributed by atoms with Gasteiger partial charge in [0.05, 0.1) is 24.9 Å². The second-order valence-corrected chi connectivity index (χ2v) is 7.48. The fourth-order valence-electron chi connectivity index (χ4n) is 3.80. The van der Waals surface area contributed by atoms with Crippen LogP contribution in [0.15, 0.2) is 36.0 Å². The van der Waals surface area contributed by atoms with Crippen molar-refractivity contribution in [2.75, 3.05) is 13.7 Å². The fourth-order valence-corrected chi connectivity index (χ4v) is 3.80. The molecule has 3 aromatic rings. The Morgan fingerprint density at radius 3 is 2.77 bits per heavy atom. The molecule has 0 saturated heterocycles. The average Bonchev–Trinajstić information content (AvgIpc) is 3.25. The molecule has 7 nitrogen and oxygen atoms in total. The van der Waals surface area contributed by atoms with Crippen LogP contribution < -0.4 is 5.32 Å². The van der Waals surface area contributed by atoms with Crippen LogP contribution in [0, 0.1) is 32.1 Å². The minimum Gasteiger partial charge on any atom is -0.383 e. The van der Waals surface area contributed by atoms with Crippen LogP contribution in [0.1, 0.15) is 41.3 Å². The average molecular weight is 406 g/mol. The molecule has 0 aliphatic carbocycles. The topological polar surface area (TPSA) is 84.3 Å². The lowest BCUT2D eigenvalue weighted by Gasteiger charge is -2.17. The zero-order valence-corrected chi connectivity index (χ0v) is 18.1. The van der Waals surface area contributed by atoms with Gasteiger partial charge in [-0.05, 0) is 57.5 Å². The summed E-state index contributed by atoms with van der Waals surface area (Å²) in [7, 11) is 1.67. The first kappa shape index (κ1) is 21.3. The Labute approximate surface area is 176 Å². The summed E-state index contributed by atoms with van der Waals surface area (Å²) in [6, 6.07) is 10.0. The van der Waals surface area contributed by atoms with Gasteiger partial charge in [-0.15, -0.1) is 0 Å². The van der Waals surface area contributed by atoms with Gasteiger partial charge in [0.25, 0.3) is 5.91 Å². The third kappa shape index (κ3) is 4.29. The van der Waals surface area contributed by atoms with Crippen molar-refractivity contribution in [1.82, 2.24) is 19.3 Å². The van der Waals surface area contributed by atoms with Gasteiger partial charge in [-0.2, -0.15) is 5.26 Å². The molecule has 0 aliphatic rings. The first-order chi connectivity index (χ1) is 14.3. The van der Waals surface area contributed by atoms with Crippen molar-refractivity contribution < 1.29 is 9.53 Å². The number of fused-ring (bicyclic) bond motifs is 1. The van der Waals surface area contributed by atoms with Crippen LogP contribution in [0.3, 0.4) is 0 Å². The van der Waals surface area contributed by atoms with E-state index in [9.17, 15) is 10.1 Å². The summed E-state index contributed by atoms with van der Waals surface area (Å²) in [5.74, 6) is -0.416. The minimum absolute atomic E-state index is 0.0644. The Bertz CT molecular complexity index is 1150. The fraction of sp³-hybridized carbons (Fsp3) is 0.348. The van der Waals surface area contributed by atoms with Gasteiger partial charge < -0.3 is 19.0 Å². The molecule has 0 aromatic carbocycles. The van der Waals surface area contributed by atoms with E-state index >= 15 is 0 Å². The number of carbonyl (C=O) groups is 1. The summed E-state index contributed by atoms with van der Waals surface area (Å²) in [5.41, 5.74) is 5.59. The Kier molecular flexibility index (Phi) is 6.38. The highest BCUT2D eigenvalue weighted by Crippen LogP contribution is 2.23. The molecule has 1 amide bonds. The van der Waals surface area contributed by atoms with Gasteiger partial charge in [0.15, 0.2) is 0 Å². The number of aryl methyl sites for hydroxylation is 2. The van der Waals surface area contributed by atoms with E-state index in [0.717, 1.165) is 34.0 Å². The number of rotatable bonds is 7. The van der Waals surface area contributed by atoms with E-state index in [-0.39, 0.29) is 18.2 Å². The molecule has 30 heavy (non-hydrogen) atoms. The molecule has 0 radical (unpaired) electrons. The third-order valence-electron chi connectivity index (χ3n) is 5.21. The maximum absolute atomic E-state index is 12.6. The molecule has 0 bridgehead atoms. The molecule has 1 N–H and O–H groups in total. The maximum Gasteiger partial charge on any atom is 0.262 e. The molecule has 0 saturated carbocycles. The van der Waals surface area contributed by atoms with Gasteiger partial charge in [-0.25, -0.2) is 4.98 Å². The van der Waals surface area contributed by atoms with Gasteiger partial charge in [-0.3, -0.25) is 4.79 Å². The summed E-state index contributed by atoms with van der Waals surface area (Å²) >= 11 is 0. The van der Waals surface area contributed by atoms with Crippen molar-refractivity contribution in [3.05, 3.63) is 64.4 Å². The number of pyridine rings is 1. The van der Waals surface area contributed by atoms with E-state index in [1.165, 1.54) is 0 Å². The Morgan fingerprint density at radius 1 is 1.33 bits per heavy atom. The zero-order chi connectivity index (χ0) is 21.8. The molecule has 3 aromatic heterocycles. The first-order valence-corrected chi connectivity index (χ1v) is 9.86. The quantitative estimate of drug-likeness (QED) is 0.482. The van der Waals surface area contributed by atoms with Crippen LogP contribution in [-0.2, 0) is 16.1 Å². The smallest absolute Gasteiger partial charge is 0.262 e. The number of carbonyl (C=O) groups excluding carboxylic acids is 1. The van der Waals surface area contributed by atoms with Crippen LogP contribution >= 0.6 is 0 Å². The highest BCUT2D eigenvalue weighted by molar-refractivity contribution is 6.01. The number of ether oxygens (including phenoxy) is 1. The van der Waals surface area contributed by atoms with Crippen molar-refractivity contribution in [3.8, 4) is 6.07 Å². The van der Waals surface area contributed by atoms with Crippen LogP contribution in [-0.4, -0.2) is 33.6 Å². The number of nitrogens with one attached hydrogen (secondary N) is 1. The summed E-state index contributed by atoms with van der Waals surface area (Å²) in [5, 5.41) is 12.3. The van der Waals surface area contributed by atoms with Gasteiger partial charge >= 0.3 is 0 Å². The summed E-state index contributed by atoms with van der Waals surface area (Å²) in [6.45, 7) is 8.90. The summed E-state index contributed by atoms with van der Waals surface area (Å²) in [4.78, 5) is 17.1. The minimum atomic E-state index is -0.416. The van der Waals surface area contributed by atoms with E-state index in [2.05, 4.69) is 21.8 Å². The highest BCUT2D eigenvalue weighted by Gasteiger charge is 2.16. The maximum atomic E-state index is 12.6. The molecular formula is C23H27N5O2. The lowest BCUT2D eigenvalue weighted by atomic mass is 10.1. The molecule has 1 unspecified atom stereocenters. The number of amides is 1. The van der Waals surface area contributed by atoms with E-state index in [1.54, 1.807) is 13.2 Å². The number of methoxy groups -OCH3 is 1. The Balaban J connectivity index is 1.77. The van der Waals surface area contributed by atoms with E-state index in [4.69, 9.17) is 4.74 Å². The van der Waals surface area contributed by atoms with E-state index in [0.29, 0.717) is 6.61 Å². The van der Waals surface area contributed by atoms with Crippen LogP contribution in [0.2, 0.25) is 0 Å². The largest absolute Gasteiger partial charge is 0.383 e. The van der Waals surface area contributed by atoms with Gasteiger partial charge in [0.2, 0.25) is 0 Å². The molecular weight excluding hydrogens is 378 g/mol. The van der Waals surface area contributed by atoms with E-state index in [1.807, 2.05) is 61.7 Å². The van der Waals surface area contributed by atoms with Crippen LogP contribution in [0.5, 0.6) is 0 Å². The normalized spacial score (nSPS) is 12.7. The van der Waals surface area contributed by atoms with Gasteiger partial charge in [0.1, 0.15) is 17.3 Å². The second-order valence-electron chi connectivity index (χ2n) is 7.48. The standard InChI is InChI=1S/C23H27N5O2/c1-15-7-6-8-22-26-21(13-27(15)22)12-25-23(29)20(11-24)10-19-9-16(2)28(18(19)4)17(3)14-30-5/h6-10,13,17H,12,14H2,1-5H3,(H,25,29)/b20-10-. The predicted octanol–water partition coefficient (Wildman–Crippen LogP) is 3.49. The molecule has 0 fully saturated rings. The van der Waals surface area contributed by atoms with Crippen molar-refractivity contribution >= 4 is 17.6 Å². The number of hydrogen-bond acceptors (Lipinski definition) is 4. The van der Waals surface area contributed by atoms with Crippen molar-refractivity contribution in [3.63, 3.8) is 0 Å². The lowest BCUT2D eigenvalue weighted by Crippen LogP contribution is -2.24. The molecule has 3 heterocycles. The summed E-state index contributed by atoms with van der Waals surface area (Å²) < 4.78 is 9.39. The predicted molar refractivity (Wildman–Crippen MR) is 116 cm³/mol. The first-order valence-electron chi connectivity index (χ1n) is 9.86. The lowest BCUT2D eigenvalue weighted by molar-refractivity contribution is -0.117. The monoisotopic (exact) mass is 405 g/mol. The van der Waals surface area contributed by atoms with E-state index < -0.39 is 5.91 Å². The molecule has 3 rings (SSSR count). The molecule has 0 spiro atoms. The molecule has 156 valence electrons. The number of nitrogens with zero attached hydrogens (tertiary/aromatic N) is 4. The number of nitriles is 1. The third-order valence-corrected chi connectivity index (χ3v) is 5.21. The van der Waals surface area contributed by atoms with Crippen molar-refractivity contribution in [1.29, 1.82) is 5.26 Å². The highest BCUT2D eigenvalue weighted by atomic mass is 16.5. The van der Waals surface area contributed by atoms with Crippen LogP contribution in [0.25, 0.3) is 11.7 Å². The van der Waals surface area contributed by atoms with Crippen molar-refractivity contribution in [2.24, 2.45) is 0 Å². The van der Waals surface area contributed by atoms with Gasteiger partial charge in [-0.1, -0.05) is 6.07 Å². The van der Waals surface area contributed by atoms with Crippen LogP contribution in [0.4, 0.5) is 0 Å². The number of imidazole rings is 1. The molecule has 0 aliphatic heterocycles. The second kappa shape index (κ2) is 8.97. The Morgan fingerprint density at radius 2 is 2.10 bits per heavy atom. The van der Waals surface area contributed by atoms with Gasteiger partial charge in [0, 0.05) is 30.4 Å².